The summed E-state index contributed by atoms with van der Waals surface area (Å²) in [5.41, 5.74) is 2.09. The molecule has 0 aliphatic carbocycles. The number of anilines is 1. The molecule has 0 bridgehead atoms. The monoisotopic (exact) mass is 312 g/mol. The first-order valence-electron chi connectivity index (χ1n) is 6.32. The fourth-order valence-corrected chi connectivity index (χ4v) is 3.21. The number of rotatable bonds is 5. The molecular weight excluding hydrogens is 295 g/mol. The van der Waals surface area contributed by atoms with Crippen LogP contribution in [-0.2, 0) is 16.6 Å². The number of nitrogens with one attached hydrogen (secondary N) is 3. The summed E-state index contributed by atoms with van der Waals surface area (Å²) >= 11 is 0. The Kier molecular flexibility index (Phi) is 4.29. The standard InChI is InChI=1S/C13H17FN4O2S/c1-8-13(9(2)17-16-8)18-21(19,20)12-5-4-10(7-15-3)6-11(12)14/h4-6,15,18H,7H2,1-3H3,(H,16,17). The van der Waals surface area contributed by atoms with Crippen molar-refractivity contribution in [2.45, 2.75) is 25.3 Å². The summed E-state index contributed by atoms with van der Waals surface area (Å²) in [6.07, 6.45) is 0. The van der Waals surface area contributed by atoms with E-state index in [-0.39, 0.29) is 4.90 Å². The lowest BCUT2D eigenvalue weighted by Crippen LogP contribution is -2.16. The van der Waals surface area contributed by atoms with Gasteiger partial charge in [0.25, 0.3) is 10.0 Å². The molecule has 114 valence electrons. The van der Waals surface area contributed by atoms with Gasteiger partial charge in [0.1, 0.15) is 10.7 Å². The number of aromatic nitrogens is 2. The Morgan fingerprint density at radius 1 is 1.33 bits per heavy atom. The van der Waals surface area contributed by atoms with Gasteiger partial charge in [-0.05, 0) is 38.6 Å². The Morgan fingerprint density at radius 2 is 2.05 bits per heavy atom. The minimum atomic E-state index is -4.00. The lowest BCUT2D eigenvalue weighted by molar-refractivity contribution is 0.568. The van der Waals surface area contributed by atoms with Gasteiger partial charge in [-0.15, -0.1) is 0 Å². The van der Waals surface area contributed by atoms with Crippen molar-refractivity contribution in [3.8, 4) is 0 Å². The Morgan fingerprint density at radius 3 is 2.57 bits per heavy atom. The number of benzene rings is 1. The number of aryl methyl sites for hydroxylation is 2. The first kappa shape index (κ1) is 15.5. The van der Waals surface area contributed by atoms with Gasteiger partial charge in [0, 0.05) is 6.54 Å². The molecule has 0 saturated heterocycles. The molecule has 21 heavy (non-hydrogen) atoms. The topological polar surface area (TPSA) is 86.9 Å². The average Bonchev–Trinajstić information content (AvgIpc) is 2.70. The van der Waals surface area contributed by atoms with Gasteiger partial charge in [-0.25, -0.2) is 12.8 Å². The lowest BCUT2D eigenvalue weighted by atomic mass is 10.2. The molecule has 2 rings (SSSR count). The van der Waals surface area contributed by atoms with Gasteiger partial charge in [0.05, 0.1) is 17.1 Å². The molecule has 0 atom stereocenters. The molecule has 6 nitrogen and oxygen atoms in total. The van der Waals surface area contributed by atoms with Crippen LogP contribution in [0.5, 0.6) is 0 Å². The third-order valence-electron chi connectivity index (χ3n) is 3.03. The van der Waals surface area contributed by atoms with E-state index in [1.807, 2.05) is 0 Å². The predicted molar refractivity (Wildman–Crippen MR) is 78.0 cm³/mol. The molecule has 0 fully saturated rings. The van der Waals surface area contributed by atoms with Crippen LogP contribution >= 0.6 is 0 Å². The van der Waals surface area contributed by atoms with Gasteiger partial charge in [-0.3, -0.25) is 9.82 Å². The zero-order valence-corrected chi connectivity index (χ0v) is 12.8. The molecule has 2 aromatic rings. The summed E-state index contributed by atoms with van der Waals surface area (Å²) in [6, 6.07) is 4.04. The van der Waals surface area contributed by atoms with Crippen molar-refractivity contribution >= 4 is 15.7 Å². The smallest absolute Gasteiger partial charge is 0.264 e. The second kappa shape index (κ2) is 5.82. The maximum absolute atomic E-state index is 14.0. The average molecular weight is 312 g/mol. The SMILES string of the molecule is CNCc1ccc(S(=O)(=O)Nc2c(C)n[nH]c2C)c(F)c1. The number of hydrogen-bond donors (Lipinski definition) is 3. The van der Waals surface area contributed by atoms with Crippen molar-refractivity contribution in [3.05, 3.63) is 41.0 Å². The van der Waals surface area contributed by atoms with Crippen LogP contribution in [0.15, 0.2) is 23.1 Å². The molecule has 0 spiro atoms. The van der Waals surface area contributed by atoms with Crippen LogP contribution in [0.1, 0.15) is 17.0 Å². The van der Waals surface area contributed by atoms with Crippen molar-refractivity contribution in [2.24, 2.45) is 0 Å². The Balaban J connectivity index is 2.36. The Hall–Kier alpha value is -1.93. The van der Waals surface area contributed by atoms with Crippen LogP contribution in [0, 0.1) is 19.7 Å². The largest absolute Gasteiger partial charge is 0.316 e. The van der Waals surface area contributed by atoms with E-state index in [2.05, 4.69) is 20.2 Å². The third kappa shape index (κ3) is 3.22. The van der Waals surface area contributed by atoms with E-state index in [0.29, 0.717) is 29.2 Å². The fourth-order valence-electron chi connectivity index (χ4n) is 1.97. The number of halogens is 1. The number of H-pyrrole nitrogens is 1. The Bertz CT molecular complexity index is 736. The maximum atomic E-state index is 14.0. The van der Waals surface area contributed by atoms with Gasteiger partial charge in [0.2, 0.25) is 0 Å². The van der Waals surface area contributed by atoms with Gasteiger partial charge in [-0.1, -0.05) is 6.07 Å². The number of aromatic amines is 1. The zero-order valence-electron chi connectivity index (χ0n) is 12.0. The number of hydrogen-bond acceptors (Lipinski definition) is 4. The van der Waals surface area contributed by atoms with Crippen molar-refractivity contribution in [1.29, 1.82) is 0 Å². The van der Waals surface area contributed by atoms with Gasteiger partial charge in [-0.2, -0.15) is 5.10 Å². The molecule has 1 aromatic heterocycles. The van der Waals surface area contributed by atoms with E-state index >= 15 is 0 Å². The summed E-state index contributed by atoms with van der Waals surface area (Å²) in [6.45, 7) is 3.81. The highest BCUT2D eigenvalue weighted by Gasteiger charge is 2.22. The quantitative estimate of drug-likeness (QED) is 0.784. The molecule has 0 radical (unpaired) electrons. The van der Waals surface area contributed by atoms with Crippen molar-refractivity contribution in [3.63, 3.8) is 0 Å². The molecule has 3 N–H and O–H groups in total. The van der Waals surface area contributed by atoms with Gasteiger partial charge < -0.3 is 5.32 Å². The molecule has 0 unspecified atom stereocenters. The normalized spacial score (nSPS) is 11.6. The molecule has 1 heterocycles. The third-order valence-corrected chi connectivity index (χ3v) is 4.41. The second-order valence-corrected chi connectivity index (χ2v) is 6.36. The summed E-state index contributed by atoms with van der Waals surface area (Å²) < 4.78 is 41.0. The van der Waals surface area contributed by atoms with Gasteiger partial charge in [0.15, 0.2) is 0 Å². The van der Waals surface area contributed by atoms with E-state index in [9.17, 15) is 12.8 Å². The second-order valence-electron chi connectivity index (χ2n) is 4.71. The van der Waals surface area contributed by atoms with Crippen molar-refractivity contribution in [1.82, 2.24) is 15.5 Å². The lowest BCUT2D eigenvalue weighted by Gasteiger charge is -2.10. The molecule has 1 aromatic carbocycles. The maximum Gasteiger partial charge on any atom is 0.264 e. The zero-order chi connectivity index (χ0) is 15.6. The van der Waals surface area contributed by atoms with Crippen LogP contribution < -0.4 is 10.0 Å². The van der Waals surface area contributed by atoms with Crippen molar-refractivity contribution < 1.29 is 12.8 Å². The Labute approximate surface area is 122 Å². The first-order valence-corrected chi connectivity index (χ1v) is 7.81. The van der Waals surface area contributed by atoms with Crippen LogP contribution in [-0.4, -0.2) is 25.7 Å². The minimum Gasteiger partial charge on any atom is -0.316 e. The molecule has 0 amide bonds. The summed E-state index contributed by atoms with van der Waals surface area (Å²) in [5.74, 6) is -0.783. The predicted octanol–water partition coefficient (Wildman–Crippen LogP) is 1.69. The highest BCUT2D eigenvalue weighted by atomic mass is 32.2. The van der Waals surface area contributed by atoms with Crippen LogP contribution in [0.3, 0.4) is 0 Å². The van der Waals surface area contributed by atoms with Crippen LogP contribution in [0.4, 0.5) is 10.1 Å². The molecule has 0 saturated carbocycles. The fraction of sp³-hybridized carbons (Fsp3) is 0.308. The van der Waals surface area contributed by atoms with E-state index in [0.717, 1.165) is 0 Å². The molecule has 0 aliphatic heterocycles. The molecule has 0 aliphatic rings. The molecular formula is C13H17FN4O2S. The van der Waals surface area contributed by atoms with Gasteiger partial charge >= 0.3 is 0 Å². The summed E-state index contributed by atoms with van der Waals surface area (Å²) in [7, 11) is -2.27. The molecule has 8 heteroatoms. The van der Waals surface area contributed by atoms with E-state index in [1.54, 1.807) is 27.0 Å². The highest BCUT2D eigenvalue weighted by molar-refractivity contribution is 7.92. The van der Waals surface area contributed by atoms with Crippen molar-refractivity contribution in [2.75, 3.05) is 11.8 Å². The minimum absolute atomic E-state index is 0.341. The summed E-state index contributed by atoms with van der Waals surface area (Å²) in [5, 5.41) is 9.45. The number of sulfonamides is 1. The highest BCUT2D eigenvalue weighted by Crippen LogP contribution is 2.23. The summed E-state index contributed by atoms with van der Waals surface area (Å²) in [4.78, 5) is -0.387. The van der Waals surface area contributed by atoms with E-state index in [1.165, 1.54) is 12.1 Å². The first-order chi connectivity index (χ1) is 9.85. The number of nitrogens with zero attached hydrogens (tertiary/aromatic N) is 1. The van der Waals surface area contributed by atoms with Crippen LogP contribution in [0.25, 0.3) is 0 Å². The van der Waals surface area contributed by atoms with E-state index < -0.39 is 15.8 Å². The van der Waals surface area contributed by atoms with Crippen LogP contribution in [0.2, 0.25) is 0 Å². The van der Waals surface area contributed by atoms with E-state index in [4.69, 9.17) is 0 Å².